The molecule has 2 aromatic rings. The summed E-state index contributed by atoms with van der Waals surface area (Å²) < 4.78 is 10.3. The van der Waals surface area contributed by atoms with E-state index in [1.165, 1.54) is 0 Å². The Morgan fingerprint density at radius 2 is 1.95 bits per heavy atom. The van der Waals surface area contributed by atoms with E-state index in [1.54, 1.807) is 13.2 Å². The highest BCUT2D eigenvalue weighted by molar-refractivity contribution is 9.08. The zero-order chi connectivity index (χ0) is 15.9. The van der Waals surface area contributed by atoms with Gasteiger partial charge in [-0.25, -0.2) is 9.78 Å². The van der Waals surface area contributed by atoms with Crippen molar-refractivity contribution in [1.82, 2.24) is 10.3 Å². The average molecular weight is 365 g/mol. The molecule has 0 fully saturated rings. The van der Waals surface area contributed by atoms with Crippen LogP contribution in [0, 0.1) is 6.92 Å². The van der Waals surface area contributed by atoms with Crippen molar-refractivity contribution in [3.05, 3.63) is 53.2 Å². The van der Waals surface area contributed by atoms with Gasteiger partial charge in [0, 0.05) is 23.6 Å². The summed E-state index contributed by atoms with van der Waals surface area (Å²) in [5, 5.41) is 3.37. The Balaban J connectivity index is 1.91. The monoisotopic (exact) mass is 364 g/mol. The van der Waals surface area contributed by atoms with Crippen molar-refractivity contribution in [3.63, 3.8) is 0 Å². The first-order valence-corrected chi connectivity index (χ1v) is 7.85. The minimum Gasteiger partial charge on any atom is -0.497 e. The molecule has 0 atom stereocenters. The number of nitrogens with zero attached hydrogens (tertiary/aromatic N) is 1. The first-order valence-electron chi connectivity index (χ1n) is 6.73. The second-order valence-electron chi connectivity index (χ2n) is 4.68. The highest BCUT2D eigenvalue weighted by atomic mass is 79.9. The van der Waals surface area contributed by atoms with Crippen LogP contribution in [0.5, 0.6) is 11.6 Å². The van der Waals surface area contributed by atoms with Crippen LogP contribution in [0.1, 0.15) is 16.8 Å². The molecular formula is C16H17BrN2O3. The summed E-state index contributed by atoms with van der Waals surface area (Å²) in [6.45, 7) is 2.23. The summed E-state index contributed by atoms with van der Waals surface area (Å²) in [6, 6.07) is 11.1. The van der Waals surface area contributed by atoms with Crippen LogP contribution in [0.3, 0.4) is 0 Å². The third-order valence-corrected chi connectivity index (χ3v) is 3.58. The molecule has 1 aromatic carbocycles. The van der Waals surface area contributed by atoms with Gasteiger partial charge in [-0.15, -0.1) is 0 Å². The Morgan fingerprint density at radius 3 is 2.59 bits per heavy atom. The van der Waals surface area contributed by atoms with Crippen molar-refractivity contribution in [3.8, 4) is 11.6 Å². The Morgan fingerprint density at radius 1 is 1.23 bits per heavy atom. The van der Waals surface area contributed by atoms with Gasteiger partial charge in [-0.2, -0.15) is 0 Å². The van der Waals surface area contributed by atoms with E-state index >= 15 is 0 Å². The summed E-state index contributed by atoms with van der Waals surface area (Å²) >= 11 is 3.37. The predicted molar refractivity (Wildman–Crippen MR) is 87.5 cm³/mol. The van der Waals surface area contributed by atoms with Gasteiger partial charge in [-0.3, -0.25) is 0 Å². The van der Waals surface area contributed by atoms with Gasteiger partial charge in [0.15, 0.2) is 0 Å². The molecule has 1 aromatic heterocycles. The summed E-state index contributed by atoms with van der Waals surface area (Å²) in [5.74, 6) is 1.07. The van der Waals surface area contributed by atoms with Gasteiger partial charge in [0.05, 0.1) is 7.11 Å². The fourth-order valence-electron chi connectivity index (χ4n) is 1.89. The lowest BCUT2D eigenvalue weighted by atomic mass is 10.2. The number of rotatable bonds is 5. The molecule has 22 heavy (non-hydrogen) atoms. The molecule has 0 saturated heterocycles. The fourth-order valence-corrected chi connectivity index (χ4v) is 2.21. The molecule has 2 rings (SSSR count). The number of hydrogen-bond donors (Lipinski definition) is 1. The van der Waals surface area contributed by atoms with Crippen molar-refractivity contribution in [2.45, 2.75) is 18.8 Å². The number of halogens is 1. The first-order chi connectivity index (χ1) is 10.6. The first kappa shape index (κ1) is 16.3. The van der Waals surface area contributed by atoms with Crippen LogP contribution < -0.4 is 14.8 Å². The van der Waals surface area contributed by atoms with E-state index in [2.05, 4.69) is 26.2 Å². The summed E-state index contributed by atoms with van der Waals surface area (Å²) in [7, 11) is 1.61. The number of hydrogen-bond acceptors (Lipinski definition) is 4. The lowest BCUT2D eigenvalue weighted by Crippen LogP contribution is -2.26. The molecule has 0 aliphatic carbocycles. The molecule has 5 nitrogen and oxygen atoms in total. The molecule has 0 spiro atoms. The normalized spacial score (nSPS) is 10.1. The molecule has 1 amide bonds. The maximum absolute atomic E-state index is 11.8. The van der Waals surface area contributed by atoms with Gasteiger partial charge in [-0.05, 0) is 36.2 Å². The number of pyridine rings is 1. The van der Waals surface area contributed by atoms with Gasteiger partial charge >= 0.3 is 6.09 Å². The van der Waals surface area contributed by atoms with Crippen LogP contribution in [0.25, 0.3) is 0 Å². The molecule has 116 valence electrons. The topological polar surface area (TPSA) is 60.5 Å². The van der Waals surface area contributed by atoms with Crippen molar-refractivity contribution in [1.29, 1.82) is 0 Å². The van der Waals surface area contributed by atoms with Gasteiger partial charge in [0.2, 0.25) is 5.88 Å². The van der Waals surface area contributed by atoms with Gasteiger partial charge < -0.3 is 14.8 Å². The molecule has 6 heteroatoms. The Kier molecular flexibility index (Phi) is 5.77. The standard InChI is InChI=1S/C16H17BrN2O3/c1-11-7-13(9-17)8-15(19-11)22-16(20)18-10-12-3-5-14(21-2)6-4-12/h3-8H,9-10H2,1-2H3,(H,18,20). The number of aromatic nitrogens is 1. The maximum Gasteiger partial charge on any atom is 0.414 e. The number of amides is 1. The largest absolute Gasteiger partial charge is 0.497 e. The van der Waals surface area contributed by atoms with E-state index in [0.29, 0.717) is 17.8 Å². The average Bonchev–Trinajstić information content (AvgIpc) is 2.52. The number of aryl methyl sites for hydroxylation is 1. The number of carbonyl (C=O) groups excluding carboxylic acids is 1. The predicted octanol–water partition coefficient (Wildman–Crippen LogP) is 3.58. The van der Waals surface area contributed by atoms with E-state index in [-0.39, 0.29) is 0 Å². The highest BCUT2D eigenvalue weighted by Gasteiger charge is 2.07. The van der Waals surface area contributed by atoms with Gasteiger partial charge in [-0.1, -0.05) is 28.1 Å². The minimum atomic E-state index is -0.533. The number of methoxy groups -OCH3 is 1. The van der Waals surface area contributed by atoms with Crippen molar-refractivity contribution in [2.24, 2.45) is 0 Å². The van der Waals surface area contributed by atoms with E-state index in [4.69, 9.17) is 9.47 Å². The third-order valence-electron chi connectivity index (χ3n) is 2.94. The molecule has 0 radical (unpaired) electrons. The molecule has 1 N–H and O–H groups in total. The van der Waals surface area contributed by atoms with E-state index < -0.39 is 6.09 Å². The molecule has 0 unspecified atom stereocenters. The number of alkyl halides is 1. The number of carbonyl (C=O) groups is 1. The lowest BCUT2D eigenvalue weighted by Gasteiger charge is -2.08. The van der Waals surface area contributed by atoms with Crippen LogP contribution in [0.4, 0.5) is 4.79 Å². The molecular weight excluding hydrogens is 348 g/mol. The summed E-state index contributed by atoms with van der Waals surface area (Å²) in [6.07, 6.45) is -0.533. The van der Waals surface area contributed by atoms with Gasteiger partial charge in [0.1, 0.15) is 5.75 Å². The van der Waals surface area contributed by atoms with E-state index in [0.717, 1.165) is 22.6 Å². The third kappa shape index (κ3) is 4.73. The second-order valence-corrected chi connectivity index (χ2v) is 5.24. The van der Waals surface area contributed by atoms with Crippen molar-refractivity contribution < 1.29 is 14.3 Å². The Hall–Kier alpha value is -2.08. The van der Waals surface area contributed by atoms with E-state index in [9.17, 15) is 4.79 Å². The zero-order valence-electron chi connectivity index (χ0n) is 12.4. The lowest BCUT2D eigenvalue weighted by molar-refractivity contribution is 0.198. The van der Waals surface area contributed by atoms with Crippen LogP contribution in [-0.2, 0) is 11.9 Å². The van der Waals surface area contributed by atoms with Crippen molar-refractivity contribution >= 4 is 22.0 Å². The Bertz CT molecular complexity index is 644. The fraction of sp³-hybridized carbons (Fsp3) is 0.250. The van der Waals surface area contributed by atoms with Crippen LogP contribution in [0.15, 0.2) is 36.4 Å². The Labute approximate surface area is 137 Å². The molecule has 0 saturated carbocycles. The summed E-state index contributed by atoms with van der Waals surface area (Å²) in [5.41, 5.74) is 2.76. The number of ether oxygens (including phenoxy) is 2. The van der Waals surface area contributed by atoms with E-state index in [1.807, 2.05) is 37.3 Å². The molecule has 0 aliphatic rings. The molecule has 1 heterocycles. The van der Waals surface area contributed by atoms with Crippen molar-refractivity contribution in [2.75, 3.05) is 7.11 Å². The molecule has 0 bridgehead atoms. The molecule has 0 aliphatic heterocycles. The van der Waals surface area contributed by atoms with Gasteiger partial charge in [0.25, 0.3) is 0 Å². The smallest absolute Gasteiger partial charge is 0.414 e. The minimum absolute atomic E-state index is 0.293. The van der Waals surface area contributed by atoms with Crippen LogP contribution in [0.2, 0.25) is 0 Å². The van der Waals surface area contributed by atoms with Crippen LogP contribution >= 0.6 is 15.9 Å². The quantitative estimate of drug-likeness (QED) is 0.823. The number of nitrogens with one attached hydrogen (secondary N) is 1. The summed E-state index contributed by atoms with van der Waals surface area (Å²) in [4.78, 5) is 16.0. The number of benzene rings is 1. The SMILES string of the molecule is COc1ccc(CNC(=O)Oc2cc(CBr)cc(C)n2)cc1. The highest BCUT2D eigenvalue weighted by Crippen LogP contribution is 2.15. The second kappa shape index (κ2) is 7.79. The van der Waals surface area contributed by atoms with Crippen LogP contribution in [-0.4, -0.2) is 18.2 Å². The zero-order valence-corrected chi connectivity index (χ0v) is 14.0. The maximum atomic E-state index is 11.8.